The number of likely N-dealkylation sites (N-methyl/N-ethyl adjacent to an activating group) is 1. The van der Waals surface area contributed by atoms with E-state index in [9.17, 15) is 4.79 Å². The number of likely N-dealkylation sites (tertiary alicyclic amines) is 1. The predicted octanol–water partition coefficient (Wildman–Crippen LogP) is 2.53. The van der Waals surface area contributed by atoms with Gasteiger partial charge in [0.15, 0.2) is 0 Å². The lowest BCUT2D eigenvalue weighted by Gasteiger charge is -2.17. The molecule has 0 aromatic heterocycles. The molecule has 2 rings (SSSR count). The monoisotopic (exact) mass is 315 g/mol. The van der Waals surface area contributed by atoms with E-state index in [2.05, 4.69) is 15.5 Å². The zero-order valence-electron chi connectivity index (χ0n) is 11.7. The molecule has 1 fully saturated rings. The summed E-state index contributed by atoms with van der Waals surface area (Å²) in [4.78, 5) is 14.2. The van der Waals surface area contributed by atoms with Crippen LogP contribution >= 0.6 is 23.2 Å². The van der Waals surface area contributed by atoms with Gasteiger partial charge in [0, 0.05) is 19.1 Å². The van der Waals surface area contributed by atoms with Gasteiger partial charge in [-0.15, -0.1) is 0 Å². The summed E-state index contributed by atoms with van der Waals surface area (Å²) in [5.74, 6) is -0.0869. The van der Waals surface area contributed by atoms with Gasteiger partial charge in [-0.05, 0) is 32.0 Å². The molecule has 1 heterocycles. The van der Waals surface area contributed by atoms with Gasteiger partial charge in [0.1, 0.15) is 0 Å². The number of amides is 1. The highest BCUT2D eigenvalue weighted by Crippen LogP contribution is 2.32. The molecule has 1 amide bonds. The Morgan fingerprint density at radius 1 is 1.45 bits per heavy atom. The van der Waals surface area contributed by atoms with Gasteiger partial charge in [-0.3, -0.25) is 9.69 Å². The zero-order valence-corrected chi connectivity index (χ0v) is 13.2. The molecule has 20 heavy (non-hydrogen) atoms. The van der Waals surface area contributed by atoms with Crippen molar-refractivity contribution in [3.05, 3.63) is 27.7 Å². The lowest BCUT2D eigenvalue weighted by atomic mass is 10.2. The normalized spacial score (nSPS) is 19.3. The average Bonchev–Trinajstić information content (AvgIpc) is 2.87. The largest absolute Gasteiger partial charge is 0.322 e. The number of benzene rings is 1. The predicted molar refractivity (Wildman–Crippen MR) is 83.7 cm³/mol. The Labute approximate surface area is 129 Å². The van der Waals surface area contributed by atoms with E-state index in [4.69, 9.17) is 23.2 Å². The van der Waals surface area contributed by atoms with Crippen molar-refractivity contribution in [3.8, 4) is 0 Å². The fourth-order valence-electron chi connectivity index (χ4n) is 2.37. The first kappa shape index (κ1) is 15.6. The van der Waals surface area contributed by atoms with E-state index in [0.29, 0.717) is 28.3 Å². The molecular weight excluding hydrogens is 297 g/mol. The molecule has 1 aliphatic rings. The third-order valence-electron chi connectivity index (χ3n) is 3.60. The minimum atomic E-state index is -0.0869. The summed E-state index contributed by atoms with van der Waals surface area (Å²) in [5, 5.41) is 7.00. The highest BCUT2D eigenvalue weighted by atomic mass is 35.5. The Bertz CT molecular complexity index is 507. The molecule has 1 aromatic carbocycles. The summed E-state index contributed by atoms with van der Waals surface area (Å²) in [5.41, 5.74) is 1.39. The second kappa shape index (κ2) is 6.76. The molecule has 0 radical (unpaired) electrons. The highest BCUT2D eigenvalue weighted by molar-refractivity contribution is 6.40. The Morgan fingerprint density at radius 3 is 2.85 bits per heavy atom. The van der Waals surface area contributed by atoms with Crippen LogP contribution in [0.1, 0.15) is 12.0 Å². The van der Waals surface area contributed by atoms with Gasteiger partial charge in [0.25, 0.3) is 0 Å². The molecule has 0 saturated carbocycles. The van der Waals surface area contributed by atoms with Crippen molar-refractivity contribution in [2.24, 2.45) is 0 Å². The van der Waals surface area contributed by atoms with Gasteiger partial charge in [0.05, 0.1) is 22.3 Å². The maximum absolute atomic E-state index is 12.1. The van der Waals surface area contributed by atoms with Crippen molar-refractivity contribution < 1.29 is 4.79 Å². The van der Waals surface area contributed by atoms with Crippen molar-refractivity contribution in [2.45, 2.75) is 19.4 Å². The lowest BCUT2D eigenvalue weighted by Crippen LogP contribution is -2.34. The summed E-state index contributed by atoms with van der Waals surface area (Å²) in [6.07, 6.45) is 1.07. The molecule has 0 aliphatic carbocycles. The lowest BCUT2D eigenvalue weighted by molar-refractivity contribution is -0.117. The van der Waals surface area contributed by atoms with E-state index >= 15 is 0 Å². The number of aryl methyl sites for hydroxylation is 1. The minimum Gasteiger partial charge on any atom is -0.322 e. The SMILES string of the molecule is CNC1CCN(CC(=O)Nc2c(Cl)ccc(C)c2Cl)C1. The minimum absolute atomic E-state index is 0.0869. The van der Waals surface area contributed by atoms with Gasteiger partial charge in [-0.2, -0.15) is 0 Å². The summed E-state index contributed by atoms with van der Waals surface area (Å²) in [6.45, 7) is 4.05. The smallest absolute Gasteiger partial charge is 0.238 e. The third-order valence-corrected chi connectivity index (χ3v) is 4.40. The van der Waals surface area contributed by atoms with Crippen LogP contribution in [0.5, 0.6) is 0 Å². The average molecular weight is 316 g/mol. The molecule has 0 bridgehead atoms. The van der Waals surface area contributed by atoms with E-state index < -0.39 is 0 Å². The Kier molecular flexibility index (Phi) is 5.27. The standard InChI is InChI=1S/C14H19Cl2N3O/c1-9-3-4-11(15)14(13(9)16)18-12(20)8-19-6-5-10(7-19)17-2/h3-4,10,17H,5-8H2,1-2H3,(H,18,20). The molecule has 1 unspecified atom stereocenters. The van der Waals surface area contributed by atoms with E-state index in [0.717, 1.165) is 25.1 Å². The van der Waals surface area contributed by atoms with Gasteiger partial charge in [0.2, 0.25) is 5.91 Å². The molecular formula is C14H19Cl2N3O. The fraction of sp³-hybridized carbons (Fsp3) is 0.500. The van der Waals surface area contributed by atoms with Crippen molar-refractivity contribution in [1.82, 2.24) is 10.2 Å². The van der Waals surface area contributed by atoms with Gasteiger partial charge >= 0.3 is 0 Å². The number of nitrogens with zero attached hydrogens (tertiary/aromatic N) is 1. The number of carbonyl (C=O) groups excluding carboxylic acids is 1. The molecule has 4 nitrogen and oxygen atoms in total. The molecule has 1 aliphatic heterocycles. The van der Waals surface area contributed by atoms with Crippen molar-refractivity contribution >= 4 is 34.8 Å². The highest BCUT2D eigenvalue weighted by Gasteiger charge is 2.23. The number of carbonyl (C=O) groups is 1. The number of halogens is 2. The van der Waals surface area contributed by atoms with Crippen LogP contribution in [0.2, 0.25) is 10.0 Å². The van der Waals surface area contributed by atoms with E-state index in [1.807, 2.05) is 20.0 Å². The Morgan fingerprint density at radius 2 is 2.20 bits per heavy atom. The third kappa shape index (κ3) is 3.64. The van der Waals surface area contributed by atoms with Gasteiger partial charge < -0.3 is 10.6 Å². The number of nitrogens with one attached hydrogen (secondary N) is 2. The summed E-state index contributed by atoms with van der Waals surface area (Å²) >= 11 is 12.3. The molecule has 1 aromatic rings. The maximum Gasteiger partial charge on any atom is 0.238 e. The van der Waals surface area contributed by atoms with Crippen LogP contribution in [-0.2, 0) is 4.79 Å². The topological polar surface area (TPSA) is 44.4 Å². The molecule has 1 atom stereocenters. The fourth-order valence-corrected chi connectivity index (χ4v) is 2.83. The van der Waals surface area contributed by atoms with Crippen molar-refractivity contribution in [2.75, 3.05) is 32.0 Å². The second-order valence-electron chi connectivity index (χ2n) is 5.11. The summed E-state index contributed by atoms with van der Waals surface area (Å²) < 4.78 is 0. The summed E-state index contributed by atoms with van der Waals surface area (Å²) in [7, 11) is 1.94. The molecule has 6 heteroatoms. The summed E-state index contributed by atoms with van der Waals surface area (Å²) in [6, 6.07) is 4.04. The van der Waals surface area contributed by atoms with Crippen LogP contribution in [0.25, 0.3) is 0 Å². The first-order valence-electron chi connectivity index (χ1n) is 6.65. The molecule has 0 spiro atoms. The van der Waals surface area contributed by atoms with Crippen LogP contribution in [0, 0.1) is 6.92 Å². The molecule has 110 valence electrons. The van der Waals surface area contributed by atoms with Crippen LogP contribution < -0.4 is 10.6 Å². The van der Waals surface area contributed by atoms with Gasteiger partial charge in [-0.25, -0.2) is 0 Å². The maximum atomic E-state index is 12.1. The van der Waals surface area contributed by atoms with Crippen LogP contribution in [0.4, 0.5) is 5.69 Å². The Hall–Kier alpha value is -0.810. The number of hydrogen-bond donors (Lipinski definition) is 2. The van der Waals surface area contributed by atoms with E-state index in [1.54, 1.807) is 6.07 Å². The van der Waals surface area contributed by atoms with E-state index in [1.165, 1.54) is 0 Å². The second-order valence-corrected chi connectivity index (χ2v) is 5.90. The zero-order chi connectivity index (χ0) is 14.7. The van der Waals surface area contributed by atoms with Gasteiger partial charge in [-0.1, -0.05) is 29.3 Å². The first-order chi connectivity index (χ1) is 9.51. The Balaban J connectivity index is 1.97. The number of anilines is 1. The quantitative estimate of drug-likeness (QED) is 0.897. The number of rotatable bonds is 4. The van der Waals surface area contributed by atoms with Crippen molar-refractivity contribution in [1.29, 1.82) is 0 Å². The van der Waals surface area contributed by atoms with Crippen molar-refractivity contribution in [3.63, 3.8) is 0 Å². The van der Waals surface area contributed by atoms with E-state index in [-0.39, 0.29) is 5.91 Å². The number of hydrogen-bond acceptors (Lipinski definition) is 3. The van der Waals surface area contributed by atoms with Crippen LogP contribution in [-0.4, -0.2) is 43.5 Å². The van der Waals surface area contributed by atoms with Crippen LogP contribution in [0.3, 0.4) is 0 Å². The molecule has 1 saturated heterocycles. The molecule has 2 N–H and O–H groups in total. The van der Waals surface area contributed by atoms with Crippen LogP contribution in [0.15, 0.2) is 12.1 Å². The first-order valence-corrected chi connectivity index (χ1v) is 7.41.